The maximum absolute atomic E-state index is 12.2. The fourth-order valence-electron chi connectivity index (χ4n) is 1.04. The van der Waals surface area contributed by atoms with E-state index in [2.05, 4.69) is 11.2 Å². The third kappa shape index (κ3) is 3.02. The van der Waals surface area contributed by atoms with Crippen LogP contribution in [0.5, 0.6) is 0 Å². The van der Waals surface area contributed by atoms with E-state index in [9.17, 15) is 18.0 Å². The van der Waals surface area contributed by atoms with Crippen molar-refractivity contribution in [3.05, 3.63) is 35.4 Å². The minimum atomic E-state index is -4.40. The highest BCUT2D eigenvalue weighted by Gasteiger charge is 2.30. The molecule has 0 aliphatic rings. The largest absolute Gasteiger partial charge is 0.416 e. The lowest BCUT2D eigenvalue weighted by molar-refractivity contribution is -0.137. The van der Waals surface area contributed by atoms with Gasteiger partial charge in [-0.25, -0.2) is 0 Å². The molecule has 16 heavy (non-hydrogen) atoms. The van der Waals surface area contributed by atoms with E-state index in [4.69, 9.17) is 6.42 Å². The number of hydrogen-bond acceptors (Lipinski definition) is 1. The first-order valence-electron chi connectivity index (χ1n) is 4.34. The number of nitrogens with one attached hydrogen (secondary N) is 1. The van der Waals surface area contributed by atoms with E-state index in [1.165, 1.54) is 0 Å². The maximum Gasteiger partial charge on any atom is 0.416 e. The monoisotopic (exact) mass is 227 g/mol. The number of carbonyl (C=O) groups excluding carboxylic acids is 1. The molecule has 1 N–H and O–H groups in total. The van der Waals surface area contributed by atoms with Crippen LogP contribution in [-0.4, -0.2) is 12.5 Å². The summed E-state index contributed by atoms with van der Waals surface area (Å²) in [5.41, 5.74) is -0.649. The van der Waals surface area contributed by atoms with E-state index in [1.54, 1.807) is 0 Å². The topological polar surface area (TPSA) is 29.1 Å². The summed E-state index contributed by atoms with van der Waals surface area (Å²) in [6.07, 6.45) is 0.528. The van der Waals surface area contributed by atoms with Crippen LogP contribution < -0.4 is 5.32 Å². The minimum Gasteiger partial charge on any atom is -0.341 e. The predicted molar refractivity (Wildman–Crippen MR) is 52.6 cm³/mol. The molecule has 5 heteroatoms. The average Bonchev–Trinajstić information content (AvgIpc) is 2.25. The van der Waals surface area contributed by atoms with Crippen molar-refractivity contribution >= 4 is 5.91 Å². The van der Waals surface area contributed by atoms with E-state index in [0.29, 0.717) is 0 Å². The van der Waals surface area contributed by atoms with Gasteiger partial charge in [-0.3, -0.25) is 4.79 Å². The fourth-order valence-corrected chi connectivity index (χ4v) is 1.04. The minimum absolute atomic E-state index is 0.0415. The molecule has 2 nitrogen and oxygen atoms in total. The van der Waals surface area contributed by atoms with E-state index < -0.39 is 17.6 Å². The first kappa shape index (κ1) is 12.1. The van der Waals surface area contributed by atoms with E-state index in [-0.39, 0.29) is 12.1 Å². The molecule has 0 radical (unpaired) electrons. The molecule has 0 saturated carbocycles. The van der Waals surface area contributed by atoms with Gasteiger partial charge in [0, 0.05) is 5.56 Å². The van der Waals surface area contributed by atoms with Crippen LogP contribution in [0.4, 0.5) is 13.2 Å². The molecule has 1 amide bonds. The van der Waals surface area contributed by atoms with Crippen molar-refractivity contribution < 1.29 is 18.0 Å². The van der Waals surface area contributed by atoms with Crippen LogP contribution in [-0.2, 0) is 6.18 Å². The van der Waals surface area contributed by atoms with Crippen LogP contribution in [0.25, 0.3) is 0 Å². The second-order valence-corrected chi connectivity index (χ2v) is 2.96. The predicted octanol–water partition coefficient (Wildman–Crippen LogP) is 2.07. The smallest absolute Gasteiger partial charge is 0.341 e. The summed E-state index contributed by atoms with van der Waals surface area (Å²) in [5, 5.41) is 2.35. The number of hydrogen-bond donors (Lipinski definition) is 1. The van der Waals surface area contributed by atoms with Crippen LogP contribution >= 0.6 is 0 Å². The standard InChI is InChI=1S/C11H8F3NO/c1-2-7-15-10(16)8-3-5-9(6-4-8)11(12,13)14/h1,3-6H,7H2,(H,15,16). The molecule has 0 fully saturated rings. The summed E-state index contributed by atoms with van der Waals surface area (Å²) in [5.74, 6) is 1.70. The molecule has 1 rings (SSSR count). The highest BCUT2D eigenvalue weighted by molar-refractivity contribution is 5.94. The molecule has 84 valence electrons. The van der Waals surface area contributed by atoms with Crippen LogP contribution in [0.15, 0.2) is 24.3 Å². The van der Waals surface area contributed by atoms with Gasteiger partial charge in [0.1, 0.15) is 0 Å². The number of alkyl halides is 3. The van der Waals surface area contributed by atoms with Crippen molar-refractivity contribution in [2.45, 2.75) is 6.18 Å². The number of amides is 1. The SMILES string of the molecule is C#CCNC(=O)c1ccc(C(F)(F)F)cc1. The lowest BCUT2D eigenvalue weighted by Gasteiger charge is -2.07. The second-order valence-electron chi connectivity index (χ2n) is 2.96. The summed E-state index contributed by atoms with van der Waals surface area (Å²) >= 11 is 0. The van der Waals surface area contributed by atoms with Crippen LogP contribution in [0.2, 0.25) is 0 Å². The molecule has 1 aromatic rings. The molecular weight excluding hydrogens is 219 g/mol. The van der Waals surface area contributed by atoms with Gasteiger partial charge in [-0.05, 0) is 24.3 Å². The van der Waals surface area contributed by atoms with Crippen LogP contribution in [0.3, 0.4) is 0 Å². The van der Waals surface area contributed by atoms with Gasteiger partial charge < -0.3 is 5.32 Å². The molecule has 0 aliphatic carbocycles. The fraction of sp³-hybridized carbons (Fsp3) is 0.182. The van der Waals surface area contributed by atoms with Crippen molar-refractivity contribution in [2.75, 3.05) is 6.54 Å². The Labute approximate surface area is 90.5 Å². The summed E-state index contributed by atoms with van der Waals surface area (Å²) in [7, 11) is 0. The Morgan fingerprint density at radius 2 is 1.88 bits per heavy atom. The third-order valence-corrected chi connectivity index (χ3v) is 1.83. The molecule has 0 unspecified atom stereocenters. The lowest BCUT2D eigenvalue weighted by Crippen LogP contribution is -2.23. The zero-order valence-electron chi connectivity index (χ0n) is 8.14. The lowest BCUT2D eigenvalue weighted by atomic mass is 10.1. The van der Waals surface area contributed by atoms with Crippen molar-refractivity contribution in [3.63, 3.8) is 0 Å². The first-order valence-corrected chi connectivity index (χ1v) is 4.34. The Hall–Kier alpha value is -1.96. The van der Waals surface area contributed by atoms with Gasteiger partial charge in [0.15, 0.2) is 0 Å². The normalized spacial score (nSPS) is 10.6. The van der Waals surface area contributed by atoms with Gasteiger partial charge in [0.05, 0.1) is 12.1 Å². The van der Waals surface area contributed by atoms with Crippen molar-refractivity contribution in [2.24, 2.45) is 0 Å². The van der Waals surface area contributed by atoms with Crippen molar-refractivity contribution in [1.82, 2.24) is 5.32 Å². The van der Waals surface area contributed by atoms with E-state index in [0.717, 1.165) is 24.3 Å². The summed E-state index contributed by atoms with van der Waals surface area (Å²) in [6.45, 7) is 0.0415. The molecular formula is C11H8F3NO. The Morgan fingerprint density at radius 3 is 2.31 bits per heavy atom. The van der Waals surface area contributed by atoms with Crippen molar-refractivity contribution in [3.8, 4) is 12.3 Å². The van der Waals surface area contributed by atoms with E-state index in [1.807, 2.05) is 0 Å². The molecule has 0 heterocycles. The number of terminal acetylenes is 1. The molecule has 0 bridgehead atoms. The zero-order chi connectivity index (χ0) is 12.2. The summed E-state index contributed by atoms with van der Waals surface area (Å²) in [4.78, 5) is 11.3. The Balaban J connectivity index is 2.80. The molecule has 0 aliphatic heterocycles. The molecule has 0 atom stereocenters. The first-order chi connectivity index (χ1) is 7.45. The maximum atomic E-state index is 12.2. The second kappa shape index (κ2) is 4.71. The quantitative estimate of drug-likeness (QED) is 0.770. The van der Waals surface area contributed by atoms with Crippen LogP contribution in [0, 0.1) is 12.3 Å². The number of rotatable bonds is 2. The Kier molecular flexibility index (Phi) is 3.56. The van der Waals surface area contributed by atoms with Gasteiger partial charge in [-0.2, -0.15) is 13.2 Å². The summed E-state index contributed by atoms with van der Waals surface area (Å²) in [6, 6.07) is 3.92. The van der Waals surface area contributed by atoms with Gasteiger partial charge in [-0.15, -0.1) is 6.42 Å². The van der Waals surface area contributed by atoms with Gasteiger partial charge >= 0.3 is 6.18 Å². The zero-order valence-corrected chi connectivity index (χ0v) is 8.14. The molecule has 0 spiro atoms. The molecule has 0 saturated heterocycles. The average molecular weight is 227 g/mol. The van der Waals surface area contributed by atoms with Gasteiger partial charge in [0.25, 0.3) is 5.91 Å². The Morgan fingerprint density at radius 1 is 1.31 bits per heavy atom. The highest BCUT2D eigenvalue weighted by atomic mass is 19.4. The van der Waals surface area contributed by atoms with E-state index >= 15 is 0 Å². The molecule has 1 aromatic carbocycles. The van der Waals surface area contributed by atoms with Crippen molar-refractivity contribution in [1.29, 1.82) is 0 Å². The van der Waals surface area contributed by atoms with Gasteiger partial charge in [-0.1, -0.05) is 5.92 Å². The van der Waals surface area contributed by atoms with Gasteiger partial charge in [0.2, 0.25) is 0 Å². The number of halogens is 3. The highest BCUT2D eigenvalue weighted by Crippen LogP contribution is 2.28. The summed E-state index contributed by atoms with van der Waals surface area (Å²) < 4.78 is 36.6. The van der Waals surface area contributed by atoms with Crippen LogP contribution in [0.1, 0.15) is 15.9 Å². The Bertz CT molecular complexity index is 414. The number of carbonyl (C=O) groups is 1. The molecule has 0 aromatic heterocycles. The third-order valence-electron chi connectivity index (χ3n) is 1.83. The number of benzene rings is 1.